The number of para-hydroxylation sites is 1. The first-order valence-electron chi connectivity index (χ1n) is 11.0. The zero-order chi connectivity index (χ0) is 22.3. The molecule has 2 aromatic rings. The van der Waals surface area contributed by atoms with Crippen molar-refractivity contribution in [2.45, 2.75) is 38.3 Å². The van der Waals surface area contributed by atoms with Gasteiger partial charge in [0, 0.05) is 51.6 Å². The first kappa shape index (κ1) is 22.1. The van der Waals surface area contributed by atoms with Crippen molar-refractivity contribution in [1.29, 1.82) is 0 Å². The highest BCUT2D eigenvalue weighted by Gasteiger charge is 2.28. The van der Waals surface area contributed by atoms with Gasteiger partial charge in [-0.3, -0.25) is 14.3 Å². The van der Waals surface area contributed by atoms with E-state index in [0.29, 0.717) is 82.1 Å². The molecule has 2 amide bonds. The number of fused-ring (bicyclic) bond motifs is 5. The molecule has 0 aliphatic carbocycles. The maximum absolute atomic E-state index is 13.3. The Balaban J connectivity index is 1.55. The van der Waals surface area contributed by atoms with Gasteiger partial charge in [-0.15, -0.1) is 5.10 Å². The molecule has 0 radical (unpaired) electrons. The Kier molecular flexibility index (Phi) is 7.21. The van der Waals surface area contributed by atoms with Crippen LogP contribution in [0.5, 0.6) is 11.5 Å². The predicted molar refractivity (Wildman–Crippen MR) is 115 cm³/mol. The molecule has 1 fully saturated rings. The fourth-order valence-electron chi connectivity index (χ4n) is 3.91. The lowest BCUT2D eigenvalue weighted by atomic mass is 10.1. The van der Waals surface area contributed by atoms with Crippen LogP contribution in [0.2, 0.25) is 0 Å². The minimum atomic E-state index is -0.134. The first-order valence-corrected chi connectivity index (χ1v) is 11.0. The summed E-state index contributed by atoms with van der Waals surface area (Å²) in [6, 6.07) is 5.34. The average Bonchev–Trinajstić information content (AvgIpc) is 3.27. The number of ether oxygens (including phenoxy) is 3. The van der Waals surface area contributed by atoms with Crippen LogP contribution in [0, 0.1) is 0 Å². The van der Waals surface area contributed by atoms with Gasteiger partial charge in [-0.2, -0.15) is 0 Å². The highest BCUT2D eigenvalue weighted by molar-refractivity contribution is 5.98. The number of aromatic nitrogens is 3. The molecule has 10 heteroatoms. The van der Waals surface area contributed by atoms with E-state index in [0.717, 1.165) is 5.69 Å². The van der Waals surface area contributed by atoms with Gasteiger partial charge in [-0.25, -0.2) is 0 Å². The summed E-state index contributed by atoms with van der Waals surface area (Å²) in [5.74, 6) is 0.829. The Morgan fingerprint density at radius 3 is 2.97 bits per heavy atom. The molecule has 0 saturated carbocycles. The van der Waals surface area contributed by atoms with Gasteiger partial charge in [0.15, 0.2) is 11.5 Å². The summed E-state index contributed by atoms with van der Waals surface area (Å²) in [4.78, 5) is 27.3. The molecule has 3 heterocycles. The van der Waals surface area contributed by atoms with Crippen molar-refractivity contribution >= 4 is 11.8 Å². The largest absolute Gasteiger partial charge is 0.493 e. The molecule has 2 aliphatic rings. The minimum Gasteiger partial charge on any atom is -0.493 e. The van der Waals surface area contributed by atoms with Crippen molar-refractivity contribution in [3.63, 3.8) is 0 Å². The fraction of sp³-hybridized carbons (Fsp3) is 0.545. The van der Waals surface area contributed by atoms with Crippen LogP contribution in [0.1, 0.15) is 35.3 Å². The highest BCUT2D eigenvalue weighted by atomic mass is 16.5. The van der Waals surface area contributed by atoms with Crippen molar-refractivity contribution in [2.75, 3.05) is 40.0 Å². The third-order valence-corrected chi connectivity index (χ3v) is 5.62. The molecule has 4 rings (SSSR count). The van der Waals surface area contributed by atoms with Crippen molar-refractivity contribution in [2.24, 2.45) is 0 Å². The van der Waals surface area contributed by atoms with Crippen molar-refractivity contribution in [3.8, 4) is 11.5 Å². The van der Waals surface area contributed by atoms with Gasteiger partial charge in [0.25, 0.3) is 5.91 Å². The van der Waals surface area contributed by atoms with Crippen LogP contribution < -0.4 is 14.8 Å². The van der Waals surface area contributed by atoms with E-state index in [9.17, 15) is 9.59 Å². The number of carbonyl (C=O) groups excluding carboxylic acids is 2. The number of hydrogen-bond acceptors (Lipinski definition) is 7. The quantitative estimate of drug-likeness (QED) is 0.702. The van der Waals surface area contributed by atoms with Gasteiger partial charge >= 0.3 is 0 Å². The number of amides is 2. The maximum atomic E-state index is 13.3. The molecule has 1 saturated heterocycles. The summed E-state index contributed by atoms with van der Waals surface area (Å²) in [5, 5.41) is 11.2. The Morgan fingerprint density at radius 1 is 1.19 bits per heavy atom. The standard InChI is InChI=1S/C22H29N5O5/c1-30-19-5-2-4-18-21(19)32-12-3-10-27-14-16(24-25-27)6-7-20(28)23-9-8-17-15-26(22(18)29)11-13-31-17/h2,4-5,14,17H,3,6-13,15H2,1H3,(H,23,28). The third kappa shape index (κ3) is 5.37. The molecule has 10 nitrogen and oxygen atoms in total. The second-order valence-electron chi connectivity index (χ2n) is 7.89. The summed E-state index contributed by atoms with van der Waals surface area (Å²) in [6.45, 7) is 2.93. The lowest BCUT2D eigenvalue weighted by Gasteiger charge is -2.33. The molecular weight excluding hydrogens is 414 g/mol. The average molecular weight is 444 g/mol. The predicted octanol–water partition coefficient (Wildman–Crippen LogP) is 1.05. The fourth-order valence-corrected chi connectivity index (χ4v) is 3.91. The van der Waals surface area contributed by atoms with Crippen LogP contribution in [-0.4, -0.2) is 77.8 Å². The number of nitrogens with one attached hydrogen (secondary N) is 1. The van der Waals surface area contributed by atoms with E-state index in [1.807, 2.05) is 6.20 Å². The minimum absolute atomic E-state index is 0.0318. The third-order valence-electron chi connectivity index (χ3n) is 5.62. The lowest BCUT2D eigenvalue weighted by molar-refractivity contribution is -0.121. The monoisotopic (exact) mass is 443 g/mol. The number of carbonyl (C=O) groups is 2. The van der Waals surface area contributed by atoms with Crippen LogP contribution in [-0.2, 0) is 22.5 Å². The number of nitrogens with zero attached hydrogens (tertiary/aromatic N) is 4. The van der Waals surface area contributed by atoms with E-state index in [2.05, 4.69) is 15.6 Å². The van der Waals surface area contributed by atoms with E-state index in [1.165, 1.54) is 0 Å². The van der Waals surface area contributed by atoms with Crippen LogP contribution in [0.25, 0.3) is 0 Å². The Bertz CT molecular complexity index is 947. The zero-order valence-electron chi connectivity index (χ0n) is 18.3. The molecule has 1 aromatic carbocycles. The molecule has 32 heavy (non-hydrogen) atoms. The van der Waals surface area contributed by atoms with E-state index >= 15 is 0 Å². The molecule has 1 aromatic heterocycles. The van der Waals surface area contributed by atoms with Gasteiger partial charge < -0.3 is 24.4 Å². The summed E-state index contributed by atoms with van der Waals surface area (Å²) < 4.78 is 19.0. The number of hydrogen-bond donors (Lipinski definition) is 1. The number of aryl methyl sites for hydroxylation is 2. The summed E-state index contributed by atoms with van der Waals surface area (Å²) >= 11 is 0. The number of rotatable bonds is 1. The van der Waals surface area contributed by atoms with E-state index < -0.39 is 0 Å². The Morgan fingerprint density at radius 2 is 2.09 bits per heavy atom. The molecule has 2 aliphatic heterocycles. The zero-order valence-corrected chi connectivity index (χ0v) is 18.3. The van der Waals surface area contributed by atoms with Gasteiger partial charge in [-0.05, 0) is 18.6 Å². The van der Waals surface area contributed by atoms with Gasteiger partial charge in [0.05, 0.1) is 37.7 Å². The molecule has 0 spiro atoms. The molecule has 1 atom stereocenters. The van der Waals surface area contributed by atoms with Crippen LogP contribution >= 0.6 is 0 Å². The number of methoxy groups -OCH3 is 1. The van der Waals surface area contributed by atoms with Crippen LogP contribution in [0.4, 0.5) is 0 Å². The van der Waals surface area contributed by atoms with Crippen molar-refractivity contribution in [3.05, 3.63) is 35.7 Å². The van der Waals surface area contributed by atoms with E-state index in [-0.39, 0.29) is 17.9 Å². The van der Waals surface area contributed by atoms with Crippen molar-refractivity contribution in [1.82, 2.24) is 25.2 Å². The summed E-state index contributed by atoms with van der Waals surface area (Å²) in [5.41, 5.74) is 1.25. The summed E-state index contributed by atoms with van der Waals surface area (Å²) in [6.07, 6.45) is 3.91. The molecule has 1 unspecified atom stereocenters. The van der Waals surface area contributed by atoms with E-state index in [1.54, 1.807) is 34.9 Å². The molecule has 1 N–H and O–H groups in total. The SMILES string of the molecule is COc1cccc2c1OCCCn1cc(nn1)CCC(=O)NCCC1CN(CCO1)C2=O. The lowest BCUT2D eigenvalue weighted by Crippen LogP contribution is -2.46. The maximum Gasteiger partial charge on any atom is 0.257 e. The Labute approximate surface area is 186 Å². The van der Waals surface area contributed by atoms with Gasteiger partial charge in [0.2, 0.25) is 5.91 Å². The highest BCUT2D eigenvalue weighted by Crippen LogP contribution is 2.32. The molecule has 4 bridgehead atoms. The van der Waals surface area contributed by atoms with Gasteiger partial charge in [-0.1, -0.05) is 11.3 Å². The van der Waals surface area contributed by atoms with E-state index in [4.69, 9.17) is 14.2 Å². The van der Waals surface area contributed by atoms with Crippen LogP contribution in [0.3, 0.4) is 0 Å². The molecular formula is C22H29N5O5. The second-order valence-corrected chi connectivity index (χ2v) is 7.89. The normalized spacial score (nSPS) is 20.8. The second kappa shape index (κ2) is 10.4. The first-order chi connectivity index (χ1) is 15.6. The number of morpholine rings is 1. The van der Waals surface area contributed by atoms with Crippen molar-refractivity contribution < 1.29 is 23.8 Å². The Hall–Kier alpha value is -3.14. The summed E-state index contributed by atoms with van der Waals surface area (Å²) in [7, 11) is 1.56. The number of benzene rings is 1. The van der Waals surface area contributed by atoms with Gasteiger partial charge in [0.1, 0.15) is 0 Å². The van der Waals surface area contributed by atoms with Crippen LogP contribution in [0.15, 0.2) is 24.4 Å². The topological polar surface area (TPSA) is 108 Å². The molecule has 172 valence electrons. The smallest absolute Gasteiger partial charge is 0.257 e.